The largest absolute Gasteiger partial charge is 0.290 e. The summed E-state index contributed by atoms with van der Waals surface area (Å²) >= 11 is 8.98. The molecule has 6 heteroatoms. The van der Waals surface area contributed by atoms with E-state index in [2.05, 4.69) is 31.2 Å². The van der Waals surface area contributed by atoms with Gasteiger partial charge >= 0.3 is 0 Å². The third-order valence-electron chi connectivity index (χ3n) is 1.93. The molecule has 0 aliphatic heterocycles. The highest BCUT2D eigenvalue weighted by Gasteiger charge is 2.07. The predicted octanol–water partition coefficient (Wildman–Crippen LogP) is 3.14. The standard InChI is InChI=1S/C11H7BrClN3O/c12-8-3-1-2-7(6-8)10(17)16-11-14-5-4-9(13)15-11/h1-6H,(H,14,15,16,17). The van der Waals surface area contributed by atoms with E-state index >= 15 is 0 Å². The van der Waals surface area contributed by atoms with Gasteiger partial charge in [0.25, 0.3) is 5.91 Å². The molecule has 0 bridgehead atoms. The molecule has 86 valence electrons. The SMILES string of the molecule is O=C(Nc1nccc(Cl)n1)c1cccc(Br)c1. The molecule has 2 rings (SSSR count). The normalized spacial score (nSPS) is 10.0. The van der Waals surface area contributed by atoms with Crippen LogP contribution in [0.1, 0.15) is 10.4 Å². The molecule has 4 nitrogen and oxygen atoms in total. The van der Waals surface area contributed by atoms with Crippen LogP contribution in [0.25, 0.3) is 0 Å². The number of benzene rings is 1. The van der Waals surface area contributed by atoms with Crippen LogP contribution in [0.3, 0.4) is 0 Å². The number of aromatic nitrogens is 2. The average molecular weight is 313 g/mol. The Morgan fingerprint density at radius 2 is 2.18 bits per heavy atom. The molecule has 0 unspecified atom stereocenters. The first-order valence-electron chi connectivity index (χ1n) is 4.70. The van der Waals surface area contributed by atoms with Crippen molar-refractivity contribution in [1.82, 2.24) is 9.97 Å². The lowest BCUT2D eigenvalue weighted by molar-refractivity contribution is 0.102. The highest BCUT2D eigenvalue weighted by molar-refractivity contribution is 9.10. The second kappa shape index (κ2) is 5.25. The summed E-state index contributed by atoms with van der Waals surface area (Å²) in [6, 6.07) is 8.56. The number of halogens is 2. The van der Waals surface area contributed by atoms with E-state index in [0.29, 0.717) is 5.56 Å². The molecular formula is C11H7BrClN3O. The minimum Gasteiger partial charge on any atom is -0.290 e. The van der Waals surface area contributed by atoms with Crippen molar-refractivity contribution < 1.29 is 4.79 Å². The van der Waals surface area contributed by atoms with Crippen LogP contribution in [0.15, 0.2) is 41.0 Å². The van der Waals surface area contributed by atoms with E-state index in [1.54, 1.807) is 18.2 Å². The van der Waals surface area contributed by atoms with Crippen molar-refractivity contribution in [3.05, 3.63) is 51.7 Å². The zero-order valence-electron chi connectivity index (χ0n) is 8.52. The van der Waals surface area contributed by atoms with Crippen molar-refractivity contribution in [2.75, 3.05) is 5.32 Å². The number of carbonyl (C=O) groups is 1. The van der Waals surface area contributed by atoms with E-state index in [4.69, 9.17) is 11.6 Å². The van der Waals surface area contributed by atoms with Crippen LogP contribution in [-0.4, -0.2) is 15.9 Å². The van der Waals surface area contributed by atoms with Gasteiger partial charge in [0.05, 0.1) is 0 Å². The summed E-state index contributed by atoms with van der Waals surface area (Å²) in [5.41, 5.74) is 0.517. The molecule has 1 aromatic carbocycles. The Hall–Kier alpha value is -1.46. The fraction of sp³-hybridized carbons (Fsp3) is 0. The highest BCUT2D eigenvalue weighted by Crippen LogP contribution is 2.13. The summed E-state index contributed by atoms with van der Waals surface area (Å²) in [5.74, 6) is -0.101. The fourth-order valence-corrected chi connectivity index (χ4v) is 1.74. The second-order valence-electron chi connectivity index (χ2n) is 3.17. The number of carbonyl (C=O) groups excluding carboxylic acids is 1. The first kappa shape index (κ1) is 12.0. The van der Waals surface area contributed by atoms with Crippen LogP contribution in [-0.2, 0) is 0 Å². The minimum atomic E-state index is -0.284. The maximum Gasteiger partial charge on any atom is 0.258 e. The molecule has 0 spiro atoms. The number of hydrogen-bond donors (Lipinski definition) is 1. The third kappa shape index (κ3) is 3.25. The van der Waals surface area contributed by atoms with Gasteiger partial charge in [0.1, 0.15) is 5.15 Å². The van der Waals surface area contributed by atoms with Crippen molar-refractivity contribution in [3.8, 4) is 0 Å². The third-order valence-corrected chi connectivity index (χ3v) is 2.64. The van der Waals surface area contributed by atoms with Crippen LogP contribution in [0, 0.1) is 0 Å². The van der Waals surface area contributed by atoms with Crippen LogP contribution in [0.4, 0.5) is 5.95 Å². The maximum absolute atomic E-state index is 11.8. The van der Waals surface area contributed by atoms with Gasteiger partial charge in [-0.2, -0.15) is 0 Å². The van der Waals surface area contributed by atoms with Gasteiger partial charge in [-0.1, -0.05) is 33.6 Å². The summed E-state index contributed by atoms with van der Waals surface area (Å²) < 4.78 is 0.831. The maximum atomic E-state index is 11.8. The number of hydrogen-bond acceptors (Lipinski definition) is 3. The Balaban J connectivity index is 2.17. The highest BCUT2D eigenvalue weighted by atomic mass is 79.9. The Morgan fingerprint density at radius 3 is 2.88 bits per heavy atom. The van der Waals surface area contributed by atoms with Gasteiger partial charge in [0, 0.05) is 16.2 Å². The van der Waals surface area contributed by atoms with Gasteiger partial charge in [-0.3, -0.25) is 10.1 Å². The zero-order chi connectivity index (χ0) is 12.3. The topological polar surface area (TPSA) is 54.9 Å². The zero-order valence-corrected chi connectivity index (χ0v) is 10.9. The van der Waals surface area contributed by atoms with Gasteiger partial charge in [0.2, 0.25) is 5.95 Å². The number of amides is 1. The number of nitrogens with zero attached hydrogens (tertiary/aromatic N) is 2. The fourth-order valence-electron chi connectivity index (χ4n) is 1.20. The summed E-state index contributed by atoms with van der Waals surface area (Å²) in [6.45, 7) is 0. The molecular weight excluding hydrogens is 305 g/mol. The van der Waals surface area contributed by atoms with E-state index < -0.39 is 0 Å². The van der Waals surface area contributed by atoms with Crippen molar-refractivity contribution in [2.45, 2.75) is 0 Å². The summed E-state index contributed by atoms with van der Waals surface area (Å²) in [5, 5.41) is 2.84. The van der Waals surface area contributed by atoms with Crippen molar-refractivity contribution in [1.29, 1.82) is 0 Å². The molecule has 1 N–H and O–H groups in total. The smallest absolute Gasteiger partial charge is 0.258 e. The quantitative estimate of drug-likeness (QED) is 0.867. The Kier molecular flexibility index (Phi) is 3.71. The number of anilines is 1. The molecule has 1 heterocycles. The molecule has 0 atom stereocenters. The van der Waals surface area contributed by atoms with Crippen LogP contribution < -0.4 is 5.32 Å². The first-order chi connectivity index (χ1) is 8.15. The molecule has 2 aromatic rings. The average Bonchev–Trinajstić information content (AvgIpc) is 2.29. The number of rotatable bonds is 2. The predicted molar refractivity (Wildman–Crippen MR) is 69.1 cm³/mol. The second-order valence-corrected chi connectivity index (χ2v) is 4.47. The van der Waals surface area contributed by atoms with Crippen molar-refractivity contribution in [2.24, 2.45) is 0 Å². The summed E-state index contributed by atoms with van der Waals surface area (Å²) in [7, 11) is 0. The van der Waals surface area contributed by atoms with Gasteiger partial charge in [0.15, 0.2) is 0 Å². The Bertz CT molecular complexity index is 562. The van der Waals surface area contributed by atoms with Gasteiger partial charge in [-0.15, -0.1) is 0 Å². The van der Waals surface area contributed by atoms with E-state index in [-0.39, 0.29) is 17.0 Å². The lowest BCUT2D eigenvalue weighted by Gasteiger charge is -2.03. The molecule has 0 aliphatic carbocycles. The van der Waals surface area contributed by atoms with E-state index in [9.17, 15) is 4.79 Å². The summed E-state index contributed by atoms with van der Waals surface area (Å²) in [6.07, 6.45) is 1.48. The molecule has 1 aromatic heterocycles. The molecule has 0 fully saturated rings. The molecule has 0 saturated carbocycles. The van der Waals surface area contributed by atoms with E-state index in [1.165, 1.54) is 12.3 Å². The lowest BCUT2D eigenvalue weighted by atomic mass is 10.2. The molecule has 0 radical (unpaired) electrons. The molecule has 0 aliphatic rings. The summed E-state index contributed by atoms with van der Waals surface area (Å²) in [4.78, 5) is 19.6. The molecule has 1 amide bonds. The Labute approximate surface area is 111 Å². The minimum absolute atomic E-state index is 0.183. The first-order valence-corrected chi connectivity index (χ1v) is 5.88. The van der Waals surface area contributed by atoms with Crippen molar-refractivity contribution in [3.63, 3.8) is 0 Å². The van der Waals surface area contributed by atoms with Gasteiger partial charge < -0.3 is 0 Å². The van der Waals surface area contributed by atoms with E-state index in [1.807, 2.05) is 6.07 Å². The van der Waals surface area contributed by atoms with Crippen molar-refractivity contribution >= 4 is 39.4 Å². The molecule has 17 heavy (non-hydrogen) atoms. The monoisotopic (exact) mass is 311 g/mol. The van der Waals surface area contributed by atoms with Gasteiger partial charge in [-0.25, -0.2) is 9.97 Å². The molecule has 0 saturated heterocycles. The van der Waals surface area contributed by atoms with E-state index in [0.717, 1.165) is 4.47 Å². The van der Waals surface area contributed by atoms with Crippen LogP contribution in [0.2, 0.25) is 5.15 Å². The van der Waals surface area contributed by atoms with Gasteiger partial charge in [-0.05, 0) is 24.3 Å². The van der Waals surface area contributed by atoms with Crippen LogP contribution in [0.5, 0.6) is 0 Å². The number of nitrogens with one attached hydrogen (secondary N) is 1. The lowest BCUT2D eigenvalue weighted by Crippen LogP contribution is -2.13. The Morgan fingerprint density at radius 1 is 1.35 bits per heavy atom. The van der Waals surface area contributed by atoms with Crippen LogP contribution >= 0.6 is 27.5 Å².